The van der Waals surface area contributed by atoms with E-state index in [1.165, 1.54) is 0 Å². The summed E-state index contributed by atoms with van der Waals surface area (Å²) in [6.45, 7) is 10.2. The first kappa shape index (κ1) is 27.3. The molecule has 0 radical (unpaired) electrons. The molecule has 1 aromatic heterocycles. The topological polar surface area (TPSA) is 73.1 Å². The molecule has 0 fully saturated rings. The third-order valence-electron chi connectivity index (χ3n) is 3.43. The van der Waals surface area contributed by atoms with E-state index < -0.39 is 0 Å². The van der Waals surface area contributed by atoms with Crippen LogP contribution in [-0.2, 0) is 0 Å². The molecule has 0 spiro atoms. The van der Waals surface area contributed by atoms with Crippen molar-refractivity contribution in [2.45, 2.75) is 33.3 Å². The summed E-state index contributed by atoms with van der Waals surface area (Å²) < 4.78 is 1.84. The van der Waals surface area contributed by atoms with Gasteiger partial charge in [-0.1, -0.05) is 25.5 Å². The van der Waals surface area contributed by atoms with Gasteiger partial charge in [-0.25, -0.2) is 4.99 Å². The normalized spacial score (nSPS) is 15.3. The van der Waals surface area contributed by atoms with Crippen LogP contribution in [0.15, 0.2) is 69.3 Å². The maximum Gasteiger partial charge on any atom is 0.138 e. The second-order valence-corrected chi connectivity index (χ2v) is 7.26. The number of aliphatic hydroxyl groups excluding tert-OH is 1. The van der Waals surface area contributed by atoms with Crippen molar-refractivity contribution in [3.63, 3.8) is 0 Å². The van der Waals surface area contributed by atoms with E-state index in [2.05, 4.69) is 52.3 Å². The summed E-state index contributed by atoms with van der Waals surface area (Å²) in [5.74, 6) is 0.842. The van der Waals surface area contributed by atoms with Crippen molar-refractivity contribution in [1.29, 1.82) is 0 Å². The first-order valence-electron chi connectivity index (χ1n) is 8.88. The summed E-state index contributed by atoms with van der Waals surface area (Å²) in [6.07, 6.45) is 7.52. The molecule has 1 aromatic rings. The second kappa shape index (κ2) is 14.3. The number of rotatable bonds is 5. The Labute approximate surface area is 191 Å². The number of allylic oxidation sites excluding steroid dienone is 2. The summed E-state index contributed by atoms with van der Waals surface area (Å²) >= 11 is 8.92. The zero-order chi connectivity index (χ0) is 21.1. The molecule has 0 saturated carbocycles. The van der Waals surface area contributed by atoms with Gasteiger partial charge in [0.2, 0.25) is 0 Å². The van der Waals surface area contributed by atoms with Gasteiger partial charge in [0.1, 0.15) is 11.5 Å². The minimum absolute atomic E-state index is 0. The van der Waals surface area contributed by atoms with Crippen molar-refractivity contribution in [3.05, 3.63) is 64.9 Å². The molecule has 1 aliphatic heterocycles. The maximum absolute atomic E-state index is 8.06. The predicted molar refractivity (Wildman–Crippen MR) is 132 cm³/mol. The van der Waals surface area contributed by atoms with Crippen LogP contribution < -0.4 is 5.32 Å². The van der Waals surface area contributed by atoms with Crippen molar-refractivity contribution in [2.24, 2.45) is 9.98 Å². The van der Waals surface area contributed by atoms with Gasteiger partial charge in [-0.3, -0.25) is 9.98 Å². The summed E-state index contributed by atoms with van der Waals surface area (Å²) in [4.78, 5) is 13.6. The molecule has 1 aliphatic rings. The number of halogens is 1. The lowest BCUT2D eigenvalue weighted by molar-refractivity contribution is 0.216. The average Bonchev–Trinajstić information content (AvgIpc) is 2.65. The van der Waals surface area contributed by atoms with Crippen LogP contribution in [0.5, 0.6) is 0 Å². The fourth-order valence-electron chi connectivity index (χ4n) is 2.10. The van der Waals surface area contributed by atoms with Crippen molar-refractivity contribution < 1.29 is 5.11 Å². The SMILES string of the molecule is C=C1CCN(S)C(NC)=C1N=C(C)/C(S)=C/N=Cc1cccnc1.CC(C)O.Cl. The number of aliphatic imine (C=N–C) groups is 2. The number of nitrogens with one attached hydrogen (secondary N) is 1. The van der Waals surface area contributed by atoms with Crippen LogP contribution in [0.1, 0.15) is 32.8 Å². The summed E-state index contributed by atoms with van der Waals surface area (Å²) in [5.41, 5.74) is 3.46. The van der Waals surface area contributed by atoms with Crippen LogP contribution >= 0.6 is 37.9 Å². The third kappa shape index (κ3) is 10.0. The van der Waals surface area contributed by atoms with Crippen molar-refractivity contribution in [1.82, 2.24) is 14.6 Å². The zero-order valence-corrected chi connectivity index (χ0v) is 19.8. The Balaban J connectivity index is 0.00000143. The Morgan fingerprint density at radius 2 is 2.10 bits per heavy atom. The Morgan fingerprint density at radius 1 is 1.45 bits per heavy atom. The first-order chi connectivity index (χ1) is 13.3. The lowest BCUT2D eigenvalue weighted by atomic mass is 10.1. The molecule has 6 nitrogen and oxygen atoms in total. The minimum atomic E-state index is -0.167. The fourth-order valence-corrected chi connectivity index (χ4v) is 2.52. The highest BCUT2D eigenvalue weighted by atomic mass is 35.5. The van der Waals surface area contributed by atoms with E-state index in [1.807, 2.05) is 30.4 Å². The van der Waals surface area contributed by atoms with E-state index in [9.17, 15) is 0 Å². The van der Waals surface area contributed by atoms with Gasteiger partial charge in [0.05, 0.1) is 5.71 Å². The average molecular weight is 456 g/mol. The van der Waals surface area contributed by atoms with Gasteiger partial charge in [-0.15, -0.1) is 25.0 Å². The van der Waals surface area contributed by atoms with Crippen LogP contribution in [-0.4, -0.2) is 46.0 Å². The fraction of sp³-hybridized carbons (Fsp3) is 0.350. The van der Waals surface area contributed by atoms with Crippen LogP contribution in [0.2, 0.25) is 0 Å². The van der Waals surface area contributed by atoms with Crippen molar-refractivity contribution in [2.75, 3.05) is 13.6 Å². The monoisotopic (exact) mass is 455 g/mol. The molecule has 9 heteroatoms. The van der Waals surface area contributed by atoms with Gasteiger partial charge in [0, 0.05) is 55.0 Å². The first-order valence-corrected chi connectivity index (χ1v) is 9.73. The summed E-state index contributed by atoms with van der Waals surface area (Å²) in [7, 11) is 1.84. The molecule has 2 N–H and O–H groups in total. The van der Waals surface area contributed by atoms with E-state index in [4.69, 9.17) is 5.11 Å². The number of hydrogen-bond acceptors (Lipinski definition) is 8. The quantitative estimate of drug-likeness (QED) is 0.399. The standard InChI is InChI=1S/C17H21N5S2.C3H8O.ClH/c1-12-6-8-22(24)17(18-3)16(12)21-13(2)15(23)11-20-10-14-5-4-7-19-9-14;1-3(2)4;/h4-5,7,9-11,18,23-24H,1,6,8H2,2-3H3;3-4H,1-2H3;1H/b15-11-,20-10?,21-13?;;. The van der Waals surface area contributed by atoms with Crippen LogP contribution in [0, 0.1) is 0 Å². The van der Waals surface area contributed by atoms with Crippen molar-refractivity contribution in [3.8, 4) is 0 Å². The lowest BCUT2D eigenvalue weighted by Gasteiger charge is -2.28. The van der Waals surface area contributed by atoms with E-state index in [-0.39, 0.29) is 18.5 Å². The Morgan fingerprint density at radius 3 is 2.66 bits per heavy atom. The highest BCUT2D eigenvalue weighted by Gasteiger charge is 2.20. The number of aliphatic hydroxyl groups is 1. The minimum Gasteiger partial charge on any atom is -0.394 e. The number of nitrogens with zero attached hydrogens (tertiary/aromatic N) is 4. The molecule has 160 valence electrons. The molecule has 0 saturated heterocycles. The Hall–Kier alpha value is -1.74. The van der Waals surface area contributed by atoms with Gasteiger partial charge in [-0.05, 0) is 38.8 Å². The van der Waals surface area contributed by atoms with Crippen LogP contribution in [0.4, 0.5) is 0 Å². The van der Waals surface area contributed by atoms with E-state index in [0.29, 0.717) is 4.91 Å². The van der Waals surface area contributed by atoms with E-state index >= 15 is 0 Å². The molecule has 0 bridgehead atoms. The van der Waals surface area contributed by atoms with Gasteiger partial charge >= 0.3 is 0 Å². The molecule has 29 heavy (non-hydrogen) atoms. The third-order valence-corrected chi connectivity index (χ3v) is 4.27. The molecule has 2 rings (SSSR count). The predicted octanol–water partition coefficient (Wildman–Crippen LogP) is 4.04. The highest BCUT2D eigenvalue weighted by Crippen LogP contribution is 2.27. The summed E-state index contributed by atoms with van der Waals surface area (Å²) in [5, 5.41) is 11.2. The largest absolute Gasteiger partial charge is 0.394 e. The van der Waals surface area contributed by atoms with Crippen LogP contribution in [0.3, 0.4) is 0 Å². The van der Waals surface area contributed by atoms with E-state index in [0.717, 1.165) is 41.3 Å². The molecular formula is C20H30ClN5OS2. The van der Waals surface area contributed by atoms with Gasteiger partial charge in [-0.2, -0.15) is 0 Å². The highest BCUT2D eigenvalue weighted by molar-refractivity contribution is 7.85. The molecule has 2 heterocycles. The second-order valence-electron chi connectivity index (χ2n) is 6.29. The number of hydrogen-bond donors (Lipinski definition) is 4. The maximum atomic E-state index is 8.06. The molecular weight excluding hydrogens is 426 g/mol. The lowest BCUT2D eigenvalue weighted by Crippen LogP contribution is -2.29. The van der Waals surface area contributed by atoms with Gasteiger partial charge < -0.3 is 14.7 Å². The number of aromatic nitrogens is 1. The van der Waals surface area contributed by atoms with E-state index in [1.54, 1.807) is 38.7 Å². The Bertz CT molecular complexity index is 774. The molecule has 0 atom stereocenters. The Kier molecular flexibility index (Phi) is 13.4. The molecule has 0 aromatic carbocycles. The molecule has 0 aliphatic carbocycles. The molecule has 0 amide bonds. The zero-order valence-electron chi connectivity index (χ0n) is 17.2. The van der Waals surface area contributed by atoms with Gasteiger partial charge in [0.15, 0.2) is 0 Å². The summed E-state index contributed by atoms with van der Waals surface area (Å²) in [6, 6.07) is 3.80. The number of pyridine rings is 1. The van der Waals surface area contributed by atoms with Gasteiger partial charge in [0.25, 0.3) is 0 Å². The smallest absolute Gasteiger partial charge is 0.138 e. The van der Waals surface area contributed by atoms with Crippen molar-refractivity contribution >= 4 is 49.8 Å². The molecule has 0 unspecified atom stereocenters. The van der Waals surface area contributed by atoms with Crippen LogP contribution in [0.25, 0.3) is 0 Å². The number of thiol groups is 2.